The molecule has 0 N–H and O–H groups in total. The Morgan fingerprint density at radius 3 is 2.92 bits per heavy atom. The molecule has 1 rings (SSSR count). The molecular weight excluding hydrogens is 178 g/mol. The lowest BCUT2D eigenvalue weighted by molar-refractivity contribution is 0.170. The zero-order valence-electron chi connectivity index (χ0n) is 9.00. The van der Waals surface area contributed by atoms with Crippen molar-refractivity contribution in [3.8, 4) is 0 Å². The van der Waals surface area contributed by atoms with Gasteiger partial charge in [0, 0.05) is 11.8 Å². The van der Waals surface area contributed by atoms with Crippen LogP contribution in [-0.4, -0.2) is 29.8 Å². The highest BCUT2D eigenvalue weighted by Crippen LogP contribution is 2.19. The van der Waals surface area contributed by atoms with Gasteiger partial charge in [-0.1, -0.05) is 20.3 Å². The van der Waals surface area contributed by atoms with Crippen molar-refractivity contribution >= 4 is 12.6 Å². The molecule has 2 unspecified atom stereocenters. The first-order valence-corrected chi connectivity index (χ1v) is 6.14. The molecule has 1 saturated heterocycles. The minimum atomic E-state index is 0.557. The monoisotopic (exact) mass is 201 g/mol. The van der Waals surface area contributed by atoms with Gasteiger partial charge in [-0.05, 0) is 38.3 Å². The van der Waals surface area contributed by atoms with Gasteiger partial charge in [0.1, 0.15) is 0 Å². The standard InChI is InChI=1S/C11H23NS/c1-3-11-5-4-7-12(9-11)8-6-10(2)13/h10-11,13H,3-9H2,1-2H3. The molecule has 78 valence electrons. The molecule has 0 radical (unpaired) electrons. The zero-order valence-corrected chi connectivity index (χ0v) is 9.89. The summed E-state index contributed by atoms with van der Waals surface area (Å²) >= 11 is 4.42. The Morgan fingerprint density at radius 2 is 2.31 bits per heavy atom. The van der Waals surface area contributed by atoms with E-state index in [0.29, 0.717) is 5.25 Å². The number of likely N-dealkylation sites (tertiary alicyclic amines) is 1. The second kappa shape index (κ2) is 5.92. The molecule has 0 aliphatic carbocycles. The van der Waals surface area contributed by atoms with Gasteiger partial charge in [-0.2, -0.15) is 12.6 Å². The molecule has 1 nitrogen and oxygen atoms in total. The molecule has 1 heterocycles. The molecule has 0 saturated carbocycles. The predicted octanol–water partition coefficient (Wildman–Crippen LogP) is 2.82. The van der Waals surface area contributed by atoms with Crippen LogP contribution in [0.3, 0.4) is 0 Å². The van der Waals surface area contributed by atoms with Crippen LogP contribution in [0.15, 0.2) is 0 Å². The second-order valence-electron chi connectivity index (χ2n) is 4.35. The first kappa shape index (κ1) is 11.4. The lowest BCUT2D eigenvalue weighted by Gasteiger charge is -2.32. The van der Waals surface area contributed by atoms with Crippen LogP contribution in [0.2, 0.25) is 0 Å². The molecular formula is C11H23NS. The average Bonchev–Trinajstić information content (AvgIpc) is 2.15. The van der Waals surface area contributed by atoms with Crippen molar-refractivity contribution in [2.24, 2.45) is 5.92 Å². The SMILES string of the molecule is CCC1CCCN(CCC(C)S)C1. The molecule has 0 aromatic rings. The number of hydrogen-bond donors (Lipinski definition) is 1. The summed E-state index contributed by atoms with van der Waals surface area (Å²) in [6, 6.07) is 0. The molecule has 13 heavy (non-hydrogen) atoms. The topological polar surface area (TPSA) is 3.24 Å². The predicted molar refractivity (Wildman–Crippen MR) is 62.5 cm³/mol. The summed E-state index contributed by atoms with van der Waals surface area (Å²) in [6.45, 7) is 8.40. The summed E-state index contributed by atoms with van der Waals surface area (Å²) in [5.74, 6) is 0.962. The summed E-state index contributed by atoms with van der Waals surface area (Å²) in [7, 11) is 0. The van der Waals surface area contributed by atoms with E-state index in [4.69, 9.17) is 0 Å². The fourth-order valence-corrected chi connectivity index (χ4v) is 2.17. The fourth-order valence-electron chi connectivity index (χ4n) is 2.06. The van der Waals surface area contributed by atoms with Crippen molar-refractivity contribution in [2.75, 3.05) is 19.6 Å². The van der Waals surface area contributed by atoms with Gasteiger partial charge < -0.3 is 4.90 Å². The fraction of sp³-hybridized carbons (Fsp3) is 1.00. The van der Waals surface area contributed by atoms with E-state index in [2.05, 4.69) is 31.4 Å². The van der Waals surface area contributed by atoms with E-state index < -0.39 is 0 Å². The van der Waals surface area contributed by atoms with E-state index in [1.165, 1.54) is 45.3 Å². The molecule has 2 heteroatoms. The normalized spacial score (nSPS) is 27.5. The van der Waals surface area contributed by atoms with Crippen LogP contribution in [0.4, 0.5) is 0 Å². The van der Waals surface area contributed by atoms with Crippen LogP contribution in [-0.2, 0) is 0 Å². The van der Waals surface area contributed by atoms with Gasteiger partial charge in [0.05, 0.1) is 0 Å². The Labute approximate surface area is 88.3 Å². The summed E-state index contributed by atoms with van der Waals surface area (Å²) < 4.78 is 0. The number of rotatable bonds is 4. The van der Waals surface area contributed by atoms with Crippen LogP contribution >= 0.6 is 12.6 Å². The smallest absolute Gasteiger partial charge is 0.000957 e. The molecule has 0 aromatic carbocycles. The highest BCUT2D eigenvalue weighted by Gasteiger charge is 2.17. The van der Waals surface area contributed by atoms with Gasteiger partial charge in [0.2, 0.25) is 0 Å². The van der Waals surface area contributed by atoms with Crippen molar-refractivity contribution in [3.63, 3.8) is 0 Å². The first-order valence-electron chi connectivity index (χ1n) is 5.62. The highest BCUT2D eigenvalue weighted by atomic mass is 32.1. The lowest BCUT2D eigenvalue weighted by atomic mass is 9.95. The third-order valence-corrected chi connectivity index (χ3v) is 3.30. The molecule has 0 spiro atoms. The van der Waals surface area contributed by atoms with Crippen molar-refractivity contribution in [1.82, 2.24) is 4.90 Å². The van der Waals surface area contributed by atoms with E-state index in [-0.39, 0.29) is 0 Å². The van der Waals surface area contributed by atoms with Crippen LogP contribution in [0, 0.1) is 5.92 Å². The molecule has 2 atom stereocenters. The van der Waals surface area contributed by atoms with Gasteiger partial charge in [-0.3, -0.25) is 0 Å². The Hall–Kier alpha value is 0.310. The maximum absolute atomic E-state index is 4.42. The van der Waals surface area contributed by atoms with Crippen molar-refractivity contribution in [3.05, 3.63) is 0 Å². The van der Waals surface area contributed by atoms with E-state index in [1.54, 1.807) is 0 Å². The third-order valence-electron chi connectivity index (χ3n) is 3.04. The van der Waals surface area contributed by atoms with Crippen molar-refractivity contribution in [1.29, 1.82) is 0 Å². The lowest BCUT2D eigenvalue weighted by Crippen LogP contribution is -2.36. The summed E-state index contributed by atoms with van der Waals surface area (Å²) in [5.41, 5.74) is 0. The summed E-state index contributed by atoms with van der Waals surface area (Å²) in [6.07, 6.45) is 5.44. The molecule has 1 fully saturated rings. The maximum Gasteiger partial charge on any atom is 0.000957 e. The minimum absolute atomic E-state index is 0.557. The van der Waals surface area contributed by atoms with Gasteiger partial charge in [0.25, 0.3) is 0 Å². The van der Waals surface area contributed by atoms with Crippen LogP contribution in [0.1, 0.15) is 39.5 Å². The number of thiol groups is 1. The molecule has 0 aromatic heterocycles. The quantitative estimate of drug-likeness (QED) is 0.685. The molecule has 1 aliphatic rings. The van der Waals surface area contributed by atoms with E-state index >= 15 is 0 Å². The average molecular weight is 201 g/mol. The highest BCUT2D eigenvalue weighted by molar-refractivity contribution is 7.80. The number of piperidine rings is 1. The van der Waals surface area contributed by atoms with Crippen LogP contribution < -0.4 is 0 Å². The summed E-state index contributed by atoms with van der Waals surface area (Å²) in [4.78, 5) is 2.62. The van der Waals surface area contributed by atoms with Crippen LogP contribution in [0.5, 0.6) is 0 Å². The zero-order chi connectivity index (χ0) is 9.68. The molecule has 0 amide bonds. The molecule has 1 aliphatic heterocycles. The molecule has 0 bridgehead atoms. The maximum atomic E-state index is 4.42. The third kappa shape index (κ3) is 4.37. The summed E-state index contributed by atoms with van der Waals surface area (Å²) in [5, 5.41) is 0.557. The largest absolute Gasteiger partial charge is 0.303 e. The Balaban J connectivity index is 2.18. The first-order chi connectivity index (χ1) is 6.22. The second-order valence-corrected chi connectivity index (χ2v) is 5.24. The van der Waals surface area contributed by atoms with Gasteiger partial charge in [-0.15, -0.1) is 0 Å². The van der Waals surface area contributed by atoms with Gasteiger partial charge >= 0.3 is 0 Å². The van der Waals surface area contributed by atoms with Crippen molar-refractivity contribution in [2.45, 2.75) is 44.8 Å². The minimum Gasteiger partial charge on any atom is -0.303 e. The van der Waals surface area contributed by atoms with E-state index in [1.807, 2.05) is 0 Å². The Morgan fingerprint density at radius 1 is 1.54 bits per heavy atom. The van der Waals surface area contributed by atoms with E-state index in [9.17, 15) is 0 Å². The number of nitrogens with zero attached hydrogens (tertiary/aromatic N) is 1. The van der Waals surface area contributed by atoms with Gasteiger partial charge in [-0.25, -0.2) is 0 Å². The Bertz CT molecular complexity index is 136. The van der Waals surface area contributed by atoms with Gasteiger partial charge in [0.15, 0.2) is 0 Å². The van der Waals surface area contributed by atoms with Crippen molar-refractivity contribution < 1.29 is 0 Å². The van der Waals surface area contributed by atoms with E-state index in [0.717, 1.165) is 5.92 Å². The number of hydrogen-bond acceptors (Lipinski definition) is 2. The Kier molecular flexibility index (Phi) is 5.18. The van der Waals surface area contributed by atoms with Crippen LogP contribution in [0.25, 0.3) is 0 Å².